The molecule has 142 valence electrons. The lowest BCUT2D eigenvalue weighted by atomic mass is 10.1. The van der Waals surface area contributed by atoms with Crippen LogP contribution in [0.4, 0.5) is 10.5 Å². The Labute approximate surface area is 161 Å². The average Bonchev–Trinajstić information content (AvgIpc) is 2.70. The maximum Gasteiger partial charge on any atom is 0.412 e. The lowest BCUT2D eigenvalue weighted by Gasteiger charge is -2.12. The van der Waals surface area contributed by atoms with E-state index in [1.54, 1.807) is 6.07 Å². The van der Waals surface area contributed by atoms with Crippen LogP contribution in [0.1, 0.15) is 11.1 Å². The molecule has 2 aromatic carbocycles. The smallest absolute Gasteiger partial charge is 0.412 e. The normalized spacial score (nSPS) is 10.3. The molecular weight excluding hydrogens is 358 g/mol. The summed E-state index contributed by atoms with van der Waals surface area (Å²) in [4.78, 5) is 40.1. The average molecular weight is 377 g/mol. The van der Waals surface area contributed by atoms with Gasteiger partial charge in [-0.3, -0.25) is 14.7 Å². The van der Waals surface area contributed by atoms with Gasteiger partial charge in [-0.25, -0.2) is 9.78 Å². The summed E-state index contributed by atoms with van der Waals surface area (Å²) in [6, 6.07) is 16.6. The zero-order valence-electron chi connectivity index (χ0n) is 15.3. The van der Waals surface area contributed by atoms with Crippen molar-refractivity contribution in [3.63, 3.8) is 0 Å². The Morgan fingerprint density at radius 2 is 1.96 bits per heavy atom. The number of amides is 1. The van der Waals surface area contributed by atoms with Crippen LogP contribution in [-0.4, -0.2) is 21.9 Å². The van der Waals surface area contributed by atoms with Gasteiger partial charge in [0.25, 0.3) is 5.56 Å². The number of carbonyl (C=O) groups is 2. The van der Waals surface area contributed by atoms with Gasteiger partial charge in [0.2, 0.25) is 0 Å². The van der Waals surface area contributed by atoms with E-state index in [4.69, 9.17) is 4.74 Å². The predicted molar refractivity (Wildman–Crippen MR) is 105 cm³/mol. The van der Waals surface area contributed by atoms with Crippen LogP contribution in [0.5, 0.6) is 0 Å². The summed E-state index contributed by atoms with van der Waals surface area (Å²) in [7, 11) is 0. The number of aldehydes is 1. The Balaban J connectivity index is 1.82. The first-order valence-electron chi connectivity index (χ1n) is 8.66. The molecule has 7 heteroatoms. The molecule has 0 saturated heterocycles. The van der Waals surface area contributed by atoms with Crippen LogP contribution < -0.4 is 10.9 Å². The molecule has 0 atom stereocenters. The van der Waals surface area contributed by atoms with Crippen molar-refractivity contribution in [2.24, 2.45) is 0 Å². The van der Waals surface area contributed by atoms with Crippen LogP contribution in [0.15, 0.2) is 65.6 Å². The van der Waals surface area contributed by atoms with Crippen molar-refractivity contribution in [2.75, 3.05) is 5.32 Å². The number of hydrogen-bond donors (Lipinski definition) is 1. The molecule has 0 bridgehead atoms. The van der Waals surface area contributed by atoms with E-state index >= 15 is 0 Å². The maximum atomic E-state index is 12.7. The van der Waals surface area contributed by atoms with Crippen LogP contribution in [-0.2, 0) is 22.7 Å². The van der Waals surface area contributed by atoms with Crippen molar-refractivity contribution in [1.29, 1.82) is 0 Å². The number of carbonyl (C=O) groups excluding carboxylic acids is 2. The van der Waals surface area contributed by atoms with Gasteiger partial charge >= 0.3 is 6.09 Å². The van der Waals surface area contributed by atoms with Crippen molar-refractivity contribution >= 4 is 18.1 Å². The molecule has 28 heavy (non-hydrogen) atoms. The van der Waals surface area contributed by atoms with Gasteiger partial charge in [-0.05, 0) is 18.6 Å². The second-order valence-corrected chi connectivity index (χ2v) is 6.13. The molecule has 0 aliphatic carbocycles. The van der Waals surface area contributed by atoms with E-state index in [-0.39, 0.29) is 18.8 Å². The van der Waals surface area contributed by atoms with Gasteiger partial charge in [0.15, 0.2) is 0 Å². The van der Waals surface area contributed by atoms with E-state index < -0.39 is 11.7 Å². The van der Waals surface area contributed by atoms with Gasteiger partial charge < -0.3 is 9.53 Å². The van der Waals surface area contributed by atoms with E-state index in [2.05, 4.69) is 10.3 Å². The summed E-state index contributed by atoms with van der Waals surface area (Å²) in [6.45, 7) is 1.82. The summed E-state index contributed by atoms with van der Waals surface area (Å²) in [5, 5.41) is 2.40. The number of aromatic nitrogens is 2. The maximum absolute atomic E-state index is 12.7. The third-order valence-electron chi connectivity index (χ3n) is 4.03. The lowest BCUT2D eigenvalue weighted by molar-refractivity contribution is -0.108. The van der Waals surface area contributed by atoms with Crippen LogP contribution in [0.3, 0.4) is 0 Å². The fraction of sp³-hybridized carbons (Fsp3) is 0.143. The second-order valence-electron chi connectivity index (χ2n) is 6.13. The zero-order chi connectivity index (χ0) is 19.9. The van der Waals surface area contributed by atoms with Crippen molar-refractivity contribution in [3.05, 3.63) is 82.3 Å². The fourth-order valence-electron chi connectivity index (χ4n) is 2.71. The first kappa shape index (κ1) is 19.0. The lowest BCUT2D eigenvalue weighted by Crippen LogP contribution is -2.28. The Hall–Kier alpha value is -3.74. The molecule has 0 saturated carbocycles. The van der Waals surface area contributed by atoms with E-state index in [0.29, 0.717) is 17.7 Å². The van der Waals surface area contributed by atoms with Gasteiger partial charge in [-0.2, -0.15) is 0 Å². The third kappa shape index (κ3) is 4.50. The number of aryl methyl sites for hydroxylation is 1. The van der Waals surface area contributed by atoms with Crippen LogP contribution in [0.2, 0.25) is 0 Å². The number of ether oxygens (including phenoxy) is 1. The third-order valence-corrected chi connectivity index (χ3v) is 4.03. The highest BCUT2D eigenvalue weighted by atomic mass is 16.5. The molecule has 1 aromatic heterocycles. The van der Waals surface area contributed by atoms with Gasteiger partial charge in [0.1, 0.15) is 24.4 Å². The molecule has 0 radical (unpaired) electrons. The quantitative estimate of drug-likeness (QED) is 0.667. The minimum atomic E-state index is -0.774. The standard InChI is InChI=1S/C21H19N3O4/c1-15-6-5-9-17(12-15)19-22-13-18(20(26)24(19)10-11-25)23-21(27)28-14-16-7-3-2-4-8-16/h2-9,11-13H,10,14H2,1H3,(H,23,27). The number of nitrogens with zero attached hydrogens (tertiary/aromatic N) is 2. The summed E-state index contributed by atoms with van der Waals surface area (Å²) < 4.78 is 6.34. The van der Waals surface area contributed by atoms with E-state index in [1.807, 2.05) is 55.5 Å². The minimum Gasteiger partial charge on any atom is -0.444 e. The van der Waals surface area contributed by atoms with Gasteiger partial charge in [-0.1, -0.05) is 54.1 Å². The Bertz CT molecular complexity index is 1050. The highest BCUT2D eigenvalue weighted by molar-refractivity contribution is 5.84. The first-order chi connectivity index (χ1) is 13.6. The number of hydrogen-bond acceptors (Lipinski definition) is 5. The monoisotopic (exact) mass is 377 g/mol. The summed E-state index contributed by atoms with van der Waals surface area (Å²) in [6.07, 6.45) is 1.11. The molecule has 0 fully saturated rings. The van der Waals surface area contributed by atoms with Crippen molar-refractivity contribution in [2.45, 2.75) is 20.1 Å². The Morgan fingerprint density at radius 1 is 1.18 bits per heavy atom. The Morgan fingerprint density at radius 3 is 2.68 bits per heavy atom. The van der Waals surface area contributed by atoms with Crippen molar-refractivity contribution in [3.8, 4) is 11.4 Å². The molecule has 7 nitrogen and oxygen atoms in total. The van der Waals surface area contributed by atoms with Crippen LogP contribution in [0, 0.1) is 6.92 Å². The van der Waals surface area contributed by atoms with Crippen molar-refractivity contribution < 1.29 is 14.3 Å². The first-order valence-corrected chi connectivity index (χ1v) is 8.66. The van der Waals surface area contributed by atoms with E-state index in [1.165, 1.54) is 10.8 Å². The number of anilines is 1. The van der Waals surface area contributed by atoms with Crippen molar-refractivity contribution in [1.82, 2.24) is 9.55 Å². The molecule has 0 unspecified atom stereocenters. The van der Waals surface area contributed by atoms with Gasteiger partial charge in [0, 0.05) is 5.56 Å². The van der Waals surface area contributed by atoms with E-state index in [0.717, 1.165) is 11.1 Å². The summed E-state index contributed by atoms with van der Waals surface area (Å²) in [5.74, 6) is 0.351. The molecule has 3 aromatic rings. The minimum absolute atomic E-state index is 0.0590. The Kier molecular flexibility index (Phi) is 5.96. The van der Waals surface area contributed by atoms with E-state index in [9.17, 15) is 14.4 Å². The molecule has 1 N–H and O–H groups in total. The van der Waals surface area contributed by atoms with Gasteiger partial charge in [-0.15, -0.1) is 0 Å². The second kappa shape index (κ2) is 8.77. The number of nitrogens with one attached hydrogen (secondary N) is 1. The van der Waals surface area contributed by atoms with Crippen LogP contribution >= 0.6 is 0 Å². The molecule has 0 aliphatic heterocycles. The SMILES string of the molecule is Cc1cccc(-c2ncc(NC(=O)OCc3ccccc3)c(=O)n2CC=O)c1. The number of benzene rings is 2. The molecule has 0 aliphatic rings. The number of rotatable bonds is 6. The topological polar surface area (TPSA) is 90.3 Å². The highest BCUT2D eigenvalue weighted by Crippen LogP contribution is 2.18. The fourth-order valence-corrected chi connectivity index (χ4v) is 2.71. The molecule has 0 spiro atoms. The largest absolute Gasteiger partial charge is 0.444 e. The molecule has 1 heterocycles. The molecular formula is C21H19N3O4. The van der Waals surface area contributed by atoms with Gasteiger partial charge in [0.05, 0.1) is 12.7 Å². The zero-order valence-corrected chi connectivity index (χ0v) is 15.3. The van der Waals surface area contributed by atoms with Crippen LogP contribution in [0.25, 0.3) is 11.4 Å². The predicted octanol–water partition coefficient (Wildman–Crippen LogP) is 3.17. The summed E-state index contributed by atoms with van der Waals surface area (Å²) in [5.41, 5.74) is 1.93. The highest BCUT2D eigenvalue weighted by Gasteiger charge is 2.14. The summed E-state index contributed by atoms with van der Waals surface area (Å²) >= 11 is 0. The molecule has 1 amide bonds. The molecule has 3 rings (SSSR count).